The number of benzene rings is 1. The molecule has 0 fully saturated rings. The molecule has 1 aromatic carbocycles. The monoisotopic (exact) mass is 443 g/mol. The van der Waals surface area contributed by atoms with E-state index in [9.17, 15) is 14.0 Å². The second-order valence-electron chi connectivity index (χ2n) is 7.27. The lowest BCUT2D eigenvalue weighted by Gasteiger charge is -2.20. The first-order valence-corrected chi connectivity index (χ1v) is 10.1. The van der Waals surface area contributed by atoms with E-state index < -0.39 is 5.91 Å². The summed E-state index contributed by atoms with van der Waals surface area (Å²) in [5.74, 6) is -0.0719. The molecule has 0 aliphatic heterocycles. The van der Waals surface area contributed by atoms with Crippen LogP contribution in [0.4, 0.5) is 10.2 Å². The van der Waals surface area contributed by atoms with Crippen LogP contribution in [0.5, 0.6) is 0 Å². The summed E-state index contributed by atoms with van der Waals surface area (Å²) in [6.45, 7) is 5.68. The molecule has 31 heavy (non-hydrogen) atoms. The maximum atomic E-state index is 13.4. The molecule has 3 aromatic rings. The summed E-state index contributed by atoms with van der Waals surface area (Å²) in [5.41, 5.74) is 2.27. The van der Waals surface area contributed by atoms with Crippen LogP contribution in [-0.2, 0) is 11.3 Å². The average Bonchev–Trinajstić information content (AvgIpc) is 3.07. The van der Waals surface area contributed by atoms with E-state index in [1.165, 1.54) is 24.1 Å². The number of anilines is 1. The number of aromatic nitrogens is 3. The van der Waals surface area contributed by atoms with Crippen LogP contribution in [0, 0.1) is 12.7 Å². The first-order valence-electron chi connectivity index (χ1n) is 9.71. The summed E-state index contributed by atoms with van der Waals surface area (Å²) in [7, 11) is 1.51. The van der Waals surface area contributed by atoms with Gasteiger partial charge in [-0.1, -0.05) is 23.7 Å². The second kappa shape index (κ2) is 9.26. The maximum absolute atomic E-state index is 13.4. The van der Waals surface area contributed by atoms with Gasteiger partial charge in [-0.25, -0.2) is 14.4 Å². The van der Waals surface area contributed by atoms with Gasteiger partial charge < -0.3 is 9.88 Å². The quantitative estimate of drug-likeness (QED) is 0.444. The third kappa shape index (κ3) is 4.59. The highest BCUT2D eigenvalue weighted by Gasteiger charge is 2.29. The van der Waals surface area contributed by atoms with Crippen LogP contribution in [0.3, 0.4) is 0 Å². The molecule has 2 amide bonds. The van der Waals surface area contributed by atoms with Gasteiger partial charge in [0.05, 0.1) is 0 Å². The molecule has 2 heterocycles. The lowest BCUT2D eigenvalue weighted by Crippen LogP contribution is -2.33. The average molecular weight is 444 g/mol. The highest BCUT2D eigenvalue weighted by atomic mass is 35.5. The van der Waals surface area contributed by atoms with Crippen LogP contribution in [-0.4, -0.2) is 39.9 Å². The van der Waals surface area contributed by atoms with Gasteiger partial charge in [-0.3, -0.25) is 14.5 Å². The number of imidazole rings is 1. The number of aryl methyl sites for hydroxylation is 1. The molecule has 0 aliphatic carbocycles. The van der Waals surface area contributed by atoms with Gasteiger partial charge in [0, 0.05) is 30.9 Å². The second-order valence-corrected chi connectivity index (χ2v) is 7.66. The minimum Gasteiger partial charge on any atom is -0.354 e. The molecule has 3 rings (SSSR count). The van der Waals surface area contributed by atoms with E-state index in [0.717, 1.165) is 5.56 Å². The van der Waals surface area contributed by atoms with Crippen molar-refractivity contribution in [2.75, 3.05) is 11.9 Å². The summed E-state index contributed by atoms with van der Waals surface area (Å²) in [4.78, 5) is 35.1. The SMILES string of the molecule is CNC(=O)c1c(N(C=O)C(C)C)nc(-c2ccc(Cl)nc2C)n1Cc1ccc(F)cc1. The van der Waals surface area contributed by atoms with Gasteiger partial charge in [-0.15, -0.1) is 0 Å². The molecule has 0 aliphatic rings. The van der Waals surface area contributed by atoms with Gasteiger partial charge in [-0.2, -0.15) is 0 Å². The number of nitrogens with one attached hydrogen (secondary N) is 1. The standard InChI is InChI=1S/C22H23ClFN5O2/c1-13(2)29(12-30)21-19(22(31)25-4)28(11-15-5-7-16(24)8-6-15)20(27-21)17-9-10-18(23)26-14(17)3/h5-10,12-13H,11H2,1-4H3,(H,25,31). The number of carbonyl (C=O) groups is 2. The number of pyridine rings is 1. The van der Waals surface area contributed by atoms with Gasteiger partial charge in [0.2, 0.25) is 6.41 Å². The number of amides is 2. The summed E-state index contributed by atoms with van der Waals surface area (Å²) >= 11 is 6.02. The molecule has 9 heteroatoms. The number of carbonyl (C=O) groups excluding carboxylic acids is 2. The summed E-state index contributed by atoms with van der Waals surface area (Å²) in [5, 5.41) is 2.96. The topological polar surface area (TPSA) is 80.1 Å². The first kappa shape index (κ1) is 22.4. The van der Waals surface area contributed by atoms with Gasteiger partial charge in [0.25, 0.3) is 5.91 Å². The fraction of sp³-hybridized carbons (Fsp3) is 0.273. The molecular weight excluding hydrogens is 421 g/mol. The molecule has 0 unspecified atom stereocenters. The number of rotatable bonds is 7. The van der Waals surface area contributed by atoms with Crippen molar-refractivity contribution in [3.63, 3.8) is 0 Å². The van der Waals surface area contributed by atoms with Gasteiger partial charge in [0.1, 0.15) is 16.8 Å². The Balaban J connectivity index is 2.31. The smallest absolute Gasteiger partial charge is 0.271 e. The van der Waals surface area contributed by atoms with Gasteiger partial charge >= 0.3 is 0 Å². The Hall–Kier alpha value is -3.26. The predicted molar refractivity (Wildman–Crippen MR) is 118 cm³/mol. The zero-order valence-electron chi connectivity index (χ0n) is 17.7. The number of hydrogen-bond donors (Lipinski definition) is 1. The Morgan fingerprint density at radius 2 is 1.90 bits per heavy atom. The van der Waals surface area contributed by atoms with Crippen LogP contribution in [0.15, 0.2) is 36.4 Å². The van der Waals surface area contributed by atoms with Crippen LogP contribution in [0.1, 0.15) is 35.6 Å². The molecule has 0 radical (unpaired) electrons. The fourth-order valence-corrected chi connectivity index (χ4v) is 3.47. The zero-order valence-corrected chi connectivity index (χ0v) is 18.4. The van der Waals surface area contributed by atoms with Crippen molar-refractivity contribution in [3.8, 4) is 11.4 Å². The van der Waals surface area contributed by atoms with Crippen LogP contribution >= 0.6 is 11.6 Å². The summed E-state index contributed by atoms with van der Waals surface area (Å²) in [6.07, 6.45) is 0.651. The minimum absolute atomic E-state index is 0.219. The molecule has 0 saturated heterocycles. The molecule has 2 aromatic heterocycles. The fourth-order valence-electron chi connectivity index (χ4n) is 3.28. The molecule has 162 valence electrons. The van der Waals surface area contributed by atoms with Gasteiger partial charge in [0.15, 0.2) is 11.5 Å². The van der Waals surface area contributed by atoms with Crippen molar-refractivity contribution in [1.82, 2.24) is 19.9 Å². The van der Waals surface area contributed by atoms with Crippen molar-refractivity contribution >= 4 is 29.7 Å². The molecule has 0 atom stereocenters. The number of halogens is 2. The summed E-state index contributed by atoms with van der Waals surface area (Å²) in [6, 6.07) is 9.17. The first-order chi connectivity index (χ1) is 14.8. The molecular formula is C22H23ClFN5O2. The largest absolute Gasteiger partial charge is 0.354 e. The Labute approximate surface area is 184 Å². The Morgan fingerprint density at radius 3 is 2.45 bits per heavy atom. The minimum atomic E-state index is -0.400. The van der Waals surface area contributed by atoms with E-state index in [1.807, 2.05) is 13.8 Å². The number of nitrogens with zero attached hydrogens (tertiary/aromatic N) is 4. The molecule has 1 N–H and O–H groups in total. The predicted octanol–water partition coefficient (Wildman–Crippen LogP) is 3.83. The van der Waals surface area contributed by atoms with E-state index in [1.54, 1.807) is 35.8 Å². The summed E-state index contributed by atoms with van der Waals surface area (Å²) < 4.78 is 15.1. The van der Waals surface area contributed by atoms with Crippen molar-refractivity contribution < 1.29 is 14.0 Å². The lowest BCUT2D eigenvalue weighted by atomic mass is 10.1. The molecule has 0 bridgehead atoms. The van der Waals surface area contributed by atoms with E-state index in [0.29, 0.717) is 28.6 Å². The van der Waals surface area contributed by atoms with Crippen molar-refractivity contribution in [1.29, 1.82) is 0 Å². The van der Waals surface area contributed by atoms with Crippen molar-refractivity contribution in [3.05, 3.63) is 64.3 Å². The van der Waals surface area contributed by atoms with Gasteiger partial charge in [-0.05, 0) is 50.6 Å². The van der Waals surface area contributed by atoms with E-state index in [4.69, 9.17) is 11.6 Å². The Morgan fingerprint density at radius 1 is 1.23 bits per heavy atom. The van der Waals surface area contributed by atoms with Crippen LogP contribution < -0.4 is 10.2 Å². The van der Waals surface area contributed by atoms with Crippen molar-refractivity contribution in [2.45, 2.75) is 33.4 Å². The maximum Gasteiger partial charge on any atom is 0.271 e. The normalized spacial score (nSPS) is 10.9. The highest BCUT2D eigenvalue weighted by molar-refractivity contribution is 6.29. The molecule has 0 spiro atoms. The molecule has 0 saturated carbocycles. The third-order valence-corrected chi connectivity index (χ3v) is 5.06. The van der Waals surface area contributed by atoms with Crippen molar-refractivity contribution in [2.24, 2.45) is 0 Å². The van der Waals surface area contributed by atoms with E-state index >= 15 is 0 Å². The highest BCUT2D eigenvalue weighted by Crippen LogP contribution is 2.31. The third-order valence-electron chi connectivity index (χ3n) is 4.85. The van der Waals surface area contributed by atoms with E-state index in [2.05, 4.69) is 15.3 Å². The van der Waals surface area contributed by atoms with Crippen LogP contribution in [0.25, 0.3) is 11.4 Å². The lowest BCUT2D eigenvalue weighted by molar-refractivity contribution is -0.107. The number of hydrogen-bond acceptors (Lipinski definition) is 4. The Kier molecular flexibility index (Phi) is 6.70. The molecule has 7 nitrogen and oxygen atoms in total. The zero-order chi connectivity index (χ0) is 22.7. The Bertz CT molecular complexity index is 1110. The van der Waals surface area contributed by atoms with E-state index in [-0.39, 0.29) is 29.9 Å². The van der Waals surface area contributed by atoms with Crippen LogP contribution in [0.2, 0.25) is 5.15 Å².